The third-order valence-corrected chi connectivity index (χ3v) is 3.64. The zero-order valence-corrected chi connectivity index (χ0v) is 13.3. The van der Waals surface area contributed by atoms with Gasteiger partial charge in [-0.2, -0.15) is 5.26 Å². The third kappa shape index (κ3) is 3.44. The van der Waals surface area contributed by atoms with Crippen LogP contribution in [0.5, 0.6) is 0 Å². The number of aryl methyl sites for hydroxylation is 1. The molecule has 116 valence electrons. The lowest BCUT2D eigenvalue weighted by Gasteiger charge is -2.04. The highest BCUT2D eigenvalue weighted by Crippen LogP contribution is 2.31. The maximum absolute atomic E-state index is 11.1. The van der Waals surface area contributed by atoms with E-state index in [0.717, 1.165) is 5.56 Å². The summed E-state index contributed by atoms with van der Waals surface area (Å²) in [5.74, 6) is 0.855. The van der Waals surface area contributed by atoms with Gasteiger partial charge in [-0.1, -0.05) is 12.2 Å². The van der Waals surface area contributed by atoms with Crippen LogP contribution in [0.1, 0.15) is 16.9 Å². The molecule has 0 amide bonds. The molecule has 23 heavy (non-hydrogen) atoms. The van der Waals surface area contributed by atoms with Crippen LogP contribution in [0.3, 0.4) is 0 Å². The van der Waals surface area contributed by atoms with Crippen LogP contribution in [0, 0.1) is 35.3 Å². The topological polar surface area (TPSA) is 106 Å². The Morgan fingerprint density at radius 2 is 2.13 bits per heavy atom. The molecular formula is C16H13N3O3S. The molecule has 0 fully saturated rings. The van der Waals surface area contributed by atoms with Gasteiger partial charge in [-0.15, -0.1) is 0 Å². The molecule has 0 saturated heterocycles. The van der Waals surface area contributed by atoms with Crippen LogP contribution >= 0.6 is 12.2 Å². The van der Waals surface area contributed by atoms with E-state index in [1.165, 1.54) is 12.1 Å². The number of benzene rings is 1. The van der Waals surface area contributed by atoms with E-state index in [4.69, 9.17) is 27.6 Å². The van der Waals surface area contributed by atoms with Gasteiger partial charge in [0.2, 0.25) is 0 Å². The van der Waals surface area contributed by atoms with Crippen molar-refractivity contribution in [2.75, 3.05) is 0 Å². The van der Waals surface area contributed by atoms with Crippen molar-refractivity contribution >= 4 is 29.0 Å². The second kappa shape index (κ2) is 6.42. The first kappa shape index (κ1) is 16.4. The number of nitriles is 1. The van der Waals surface area contributed by atoms with Crippen LogP contribution < -0.4 is 5.73 Å². The van der Waals surface area contributed by atoms with Crippen molar-refractivity contribution in [2.24, 2.45) is 5.73 Å². The fourth-order valence-corrected chi connectivity index (χ4v) is 2.16. The van der Waals surface area contributed by atoms with Crippen molar-refractivity contribution in [1.82, 2.24) is 0 Å². The van der Waals surface area contributed by atoms with Gasteiger partial charge in [-0.25, -0.2) is 0 Å². The molecule has 0 unspecified atom stereocenters. The third-order valence-electron chi connectivity index (χ3n) is 3.42. The van der Waals surface area contributed by atoms with E-state index < -0.39 is 4.92 Å². The smallest absolute Gasteiger partial charge is 0.273 e. The van der Waals surface area contributed by atoms with E-state index in [1.807, 2.05) is 12.1 Å². The van der Waals surface area contributed by atoms with Gasteiger partial charge in [0, 0.05) is 23.3 Å². The summed E-state index contributed by atoms with van der Waals surface area (Å²) in [6.07, 6.45) is 1.43. The highest BCUT2D eigenvalue weighted by atomic mass is 32.1. The second-order valence-corrected chi connectivity index (χ2v) is 5.37. The lowest BCUT2D eigenvalue weighted by Crippen LogP contribution is -2.09. The Morgan fingerprint density at radius 1 is 1.43 bits per heavy atom. The summed E-state index contributed by atoms with van der Waals surface area (Å²) in [5.41, 5.74) is 7.60. The molecule has 0 aliphatic carbocycles. The number of nitrogens with zero attached hydrogens (tertiary/aromatic N) is 2. The van der Waals surface area contributed by atoms with Crippen molar-refractivity contribution in [3.63, 3.8) is 0 Å². The number of thiocarbonyl (C=S) groups is 1. The minimum absolute atomic E-state index is 0.0210. The normalized spacial score (nSPS) is 11.1. The molecule has 7 heteroatoms. The van der Waals surface area contributed by atoms with Crippen molar-refractivity contribution < 1.29 is 9.34 Å². The lowest BCUT2D eigenvalue weighted by molar-refractivity contribution is -0.385. The largest absolute Gasteiger partial charge is 0.457 e. The fourth-order valence-electron chi connectivity index (χ4n) is 2.06. The molecule has 2 rings (SSSR count). The molecule has 0 bridgehead atoms. The molecule has 0 saturated carbocycles. The Labute approximate surface area is 138 Å². The fraction of sp³-hybridized carbons (Fsp3) is 0.125. The van der Waals surface area contributed by atoms with E-state index in [-0.39, 0.29) is 16.2 Å². The van der Waals surface area contributed by atoms with Crippen LogP contribution in [0.2, 0.25) is 0 Å². The van der Waals surface area contributed by atoms with Crippen molar-refractivity contribution in [1.29, 1.82) is 5.26 Å². The molecule has 1 heterocycles. The Kier molecular flexibility index (Phi) is 4.57. The van der Waals surface area contributed by atoms with E-state index in [2.05, 4.69) is 0 Å². The minimum atomic E-state index is -0.420. The highest BCUT2D eigenvalue weighted by molar-refractivity contribution is 7.80. The molecule has 1 aromatic carbocycles. The van der Waals surface area contributed by atoms with E-state index in [1.54, 1.807) is 26.0 Å². The van der Waals surface area contributed by atoms with Gasteiger partial charge in [-0.05, 0) is 37.6 Å². The quantitative estimate of drug-likeness (QED) is 0.302. The van der Waals surface area contributed by atoms with Crippen LogP contribution in [0.15, 0.2) is 34.3 Å². The number of nitrogens with two attached hydrogens (primary N) is 1. The first-order valence-electron chi connectivity index (χ1n) is 6.61. The summed E-state index contributed by atoms with van der Waals surface area (Å²) in [4.78, 5) is 10.7. The van der Waals surface area contributed by atoms with Crippen LogP contribution in [0.25, 0.3) is 17.4 Å². The number of nitro groups is 1. The van der Waals surface area contributed by atoms with Crippen molar-refractivity contribution in [2.45, 2.75) is 13.8 Å². The molecule has 6 nitrogen and oxygen atoms in total. The number of nitro benzene ring substituents is 1. The molecule has 0 atom stereocenters. The molecule has 1 aromatic heterocycles. The molecule has 2 aromatic rings. The number of rotatable bonds is 4. The number of furan rings is 1. The molecule has 0 spiro atoms. The number of hydrogen-bond acceptors (Lipinski definition) is 5. The monoisotopic (exact) mass is 327 g/mol. The first-order chi connectivity index (χ1) is 10.8. The average molecular weight is 327 g/mol. The summed E-state index contributed by atoms with van der Waals surface area (Å²) in [7, 11) is 0. The van der Waals surface area contributed by atoms with Crippen LogP contribution in [0.4, 0.5) is 5.69 Å². The second-order valence-electron chi connectivity index (χ2n) is 4.93. The molecular weight excluding hydrogens is 314 g/mol. The zero-order chi connectivity index (χ0) is 17.1. The van der Waals surface area contributed by atoms with E-state index >= 15 is 0 Å². The molecule has 0 aliphatic heterocycles. The minimum Gasteiger partial charge on any atom is -0.457 e. The van der Waals surface area contributed by atoms with Crippen molar-refractivity contribution in [3.8, 4) is 17.4 Å². The van der Waals surface area contributed by atoms with Gasteiger partial charge >= 0.3 is 0 Å². The van der Waals surface area contributed by atoms with Gasteiger partial charge in [0.25, 0.3) is 5.69 Å². The Balaban J connectivity index is 2.48. The maximum Gasteiger partial charge on any atom is 0.273 e. The van der Waals surface area contributed by atoms with E-state index in [9.17, 15) is 10.1 Å². The summed E-state index contributed by atoms with van der Waals surface area (Å²) >= 11 is 4.76. The predicted molar refractivity (Wildman–Crippen MR) is 90.6 cm³/mol. The van der Waals surface area contributed by atoms with Gasteiger partial charge in [-0.3, -0.25) is 10.1 Å². The standard InChI is InChI=1S/C16H13N3O3S/c1-9-5-11(7-14(10(9)2)19(20)21)15-4-3-13(22-15)6-12(8-17)16(18)23/h3-7H,1-2H3,(H2,18,23)/b12-6+. The van der Waals surface area contributed by atoms with E-state index in [0.29, 0.717) is 22.6 Å². The Hall–Kier alpha value is -2.98. The van der Waals surface area contributed by atoms with Gasteiger partial charge in [0.05, 0.1) is 10.5 Å². The summed E-state index contributed by atoms with van der Waals surface area (Å²) in [6, 6.07) is 8.48. The molecule has 2 N–H and O–H groups in total. The predicted octanol–water partition coefficient (Wildman–Crippen LogP) is 3.66. The van der Waals surface area contributed by atoms with Crippen molar-refractivity contribution in [3.05, 3.63) is 56.8 Å². The maximum atomic E-state index is 11.1. The SMILES string of the molecule is Cc1cc(-c2ccc(/C=C(\C#N)C(N)=S)o2)cc([N+](=O)[O-])c1C. The Morgan fingerprint density at radius 3 is 2.70 bits per heavy atom. The average Bonchev–Trinajstić information content (AvgIpc) is 2.95. The van der Waals surface area contributed by atoms with Gasteiger partial charge in [0.15, 0.2) is 0 Å². The molecule has 0 aliphatic rings. The lowest BCUT2D eigenvalue weighted by atomic mass is 10.0. The summed E-state index contributed by atoms with van der Waals surface area (Å²) in [5, 5.41) is 20.1. The first-order valence-corrected chi connectivity index (χ1v) is 7.01. The van der Waals surface area contributed by atoms with Gasteiger partial charge < -0.3 is 10.2 Å². The molecule has 0 radical (unpaired) electrons. The summed E-state index contributed by atoms with van der Waals surface area (Å²) < 4.78 is 5.62. The van der Waals surface area contributed by atoms with Crippen LogP contribution in [-0.2, 0) is 0 Å². The van der Waals surface area contributed by atoms with Gasteiger partial charge in [0.1, 0.15) is 22.6 Å². The number of hydrogen-bond donors (Lipinski definition) is 1. The van der Waals surface area contributed by atoms with Crippen LogP contribution in [-0.4, -0.2) is 9.91 Å². The highest BCUT2D eigenvalue weighted by Gasteiger charge is 2.16. The Bertz CT molecular complexity index is 875. The zero-order valence-electron chi connectivity index (χ0n) is 12.5. The summed E-state index contributed by atoms with van der Waals surface area (Å²) in [6.45, 7) is 3.51.